The maximum atomic E-state index is 12.7. The normalized spacial score (nSPS) is 11.2. The third-order valence-electron chi connectivity index (χ3n) is 4.62. The molecule has 8 heteroatoms. The van der Waals surface area contributed by atoms with Crippen molar-refractivity contribution in [3.63, 3.8) is 0 Å². The highest BCUT2D eigenvalue weighted by Crippen LogP contribution is 2.21. The molecular weight excluding hydrogens is 361 g/mol. The van der Waals surface area contributed by atoms with Gasteiger partial charge in [-0.1, -0.05) is 13.8 Å². The molecule has 0 aliphatic heterocycles. The number of carbonyl (C=O) groups excluding carboxylic acids is 1. The van der Waals surface area contributed by atoms with E-state index in [0.29, 0.717) is 17.8 Å². The minimum atomic E-state index is -0.361. The van der Waals surface area contributed by atoms with E-state index in [-0.39, 0.29) is 42.3 Å². The van der Waals surface area contributed by atoms with Crippen molar-refractivity contribution in [1.29, 1.82) is 0 Å². The first kappa shape index (κ1) is 23.6. The SMILES string of the molecule is CCC(CC)(CN)NC(=O)c1cc2cnn(C(C)C)c2nc1C.Cl.Cl. The quantitative estimate of drug-likeness (QED) is 0.792. The second kappa shape index (κ2) is 9.36. The van der Waals surface area contributed by atoms with Gasteiger partial charge in [-0.05, 0) is 39.7 Å². The molecule has 2 aromatic rings. The van der Waals surface area contributed by atoms with Gasteiger partial charge < -0.3 is 11.1 Å². The van der Waals surface area contributed by atoms with Crippen LogP contribution in [-0.4, -0.2) is 32.8 Å². The standard InChI is InChI=1S/C17H27N5O.2ClH/c1-6-17(7-2,10-18)21-16(23)14-8-13-9-19-22(11(3)4)15(13)20-12(14)5;;/h8-9,11H,6-7,10,18H2,1-5H3,(H,21,23);2*1H. The van der Waals surface area contributed by atoms with Crippen molar-refractivity contribution in [3.8, 4) is 0 Å². The van der Waals surface area contributed by atoms with E-state index in [9.17, 15) is 4.79 Å². The molecule has 3 N–H and O–H groups in total. The third-order valence-corrected chi connectivity index (χ3v) is 4.62. The van der Waals surface area contributed by atoms with Crippen molar-refractivity contribution in [1.82, 2.24) is 20.1 Å². The number of nitrogens with zero attached hydrogens (tertiary/aromatic N) is 3. The highest BCUT2D eigenvalue weighted by Gasteiger charge is 2.27. The van der Waals surface area contributed by atoms with Gasteiger partial charge in [0.25, 0.3) is 5.91 Å². The molecule has 1 amide bonds. The molecule has 2 heterocycles. The fraction of sp³-hybridized carbons (Fsp3) is 0.588. The van der Waals surface area contributed by atoms with Gasteiger partial charge in [-0.3, -0.25) is 4.79 Å². The Balaban J connectivity index is 0.00000288. The minimum Gasteiger partial charge on any atom is -0.345 e. The largest absolute Gasteiger partial charge is 0.345 e. The highest BCUT2D eigenvalue weighted by molar-refractivity contribution is 5.98. The molecule has 0 spiro atoms. The summed E-state index contributed by atoms with van der Waals surface area (Å²) < 4.78 is 1.87. The van der Waals surface area contributed by atoms with Crippen LogP contribution in [0.4, 0.5) is 0 Å². The summed E-state index contributed by atoms with van der Waals surface area (Å²) in [6.07, 6.45) is 3.35. The van der Waals surface area contributed by atoms with Crippen molar-refractivity contribution in [2.24, 2.45) is 5.73 Å². The van der Waals surface area contributed by atoms with Gasteiger partial charge in [0.05, 0.1) is 23.0 Å². The van der Waals surface area contributed by atoms with E-state index < -0.39 is 0 Å². The lowest BCUT2D eigenvalue weighted by atomic mass is 9.92. The molecule has 0 aliphatic rings. The van der Waals surface area contributed by atoms with E-state index in [1.807, 2.05) is 31.5 Å². The fourth-order valence-electron chi connectivity index (χ4n) is 2.75. The Morgan fingerprint density at radius 1 is 1.32 bits per heavy atom. The van der Waals surface area contributed by atoms with Gasteiger partial charge in [-0.15, -0.1) is 24.8 Å². The second-order valence-corrected chi connectivity index (χ2v) is 6.36. The molecule has 0 aliphatic carbocycles. The molecule has 0 atom stereocenters. The van der Waals surface area contributed by atoms with Gasteiger partial charge >= 0.3 is 0 Å². The highest BCUT2D eigenvalue weighted by atomic mass is 35.5. The maximum absolute atomic E-state index is 12.7. The van der Waals surface area contributed by atoms with E-state index in [0.717, 1.165) is 23.9 Å². The zero-order chi connectivity index (χ0) is 17.2. The Hall–Kier alpha value is -1.37. The third kappa shape index (κ3) is 4.63. The number of nitrogens with two attached hydrogens (primary N) is 1. The van der Waals surface area contributed by atoms with Gasteiger partial charge in [-0.2, -0.15) is 5.10 Å². The van der Waals surface area contributed by atoms with Crippen molar-refractivity contribution >= 4 is 41.8 Å². The summed E-state index contributed by atoms with van der Waals surface area (Å²) in [7, 11) is 0. The predicted octanol–water partition coefficient (Wildman–Crippen LogP) is 3.41. The number of nitrogens with one attached hydrogen (secondary N) is 1. The number of halogens is 2. The van der Waals surface area contributed by atoms with E-state index in [1.54, 1.807) is 6.20 Å². The molecule has 2 rings (SSSR count). The molecule has 0 radical (unpaired) electrons. The number of carbonyl (C=O) groups is 1. The zero-order valence-corrected chi connectivity index (χ0v) is 17.1. The van der Waals surface area contributed by atoms with Gasteiger partial charge in [0.2, 0.25) is 0 Å². The van der Waals surface area contributed by atoms with Crippen LogP contribution < -0.4 is 11.1 Å². The van der Waals surface area contributed by atoms with Gasteiger partial charge in [0.15, 0.2) is 5.65 Å². The molecule has 0 bridgehead atoms. The van der Waals surface area contributed by atoms with Crippen molar-refractivity contribution in [2.75, 3.05) is 6.54 Å². The average molecular weight is 390 g/mol. The monoisotopic (exact) mass is 389 g/mol. The Morgan fingerprint density at radius 2 is 1.92 bits per heavy atom. The molecule has 6 nitrogen and oxygen atoms in total. The van der Waals surface area contributed by atoms with Crippen LogP contribution in [0.1, 0.15) is 62.6 Å². The molecule has 0 unspecified atom stereocenters. The van der Waals surface area contributed by atoms with Crippen LogP contribution in [0.25, 0.3) is 11.0 Å². The number of amides is 1. The number of hydrogen-bond acceptors (Lipinski definition) is 4. The van der Waals surface area contributed by atoms with Crippen LogP contribution in [0.3, 0.4) is 0 Å². The first-order valence-corrected chi connectivity index (χ1v) is 8.25. The van der Waals surface area contributed by atoms with Crippen molar-refractivity contribution in [2.45, 2.75) is 59.0 Å². The summed E-state index contributed by atoms with van der Waals surface area (Å²) in [5, 5.41) is 8.34. The Bertz CT molecular complexity index is 702. The number of fused-ring (bicyclic) bond motifs is 1. The Labute approximate surface area is 161 Å². The van der Waals surface area contributed by atoms with Gasteiger partial charge in [0, 0.05) is 18.0 Å². The van der Waals surface area contributed by atoms with Gasteiger partial charge in [0.1, 0.15) is 0 Å². The van der Waals surface area contributed by atoms with Crippen LogP contribution in [-0.2, 0) is 0 Å². The Kier molecular flexibility index (Phi) is 8.85. The van der Waals surface area contributed by atoms with E-state index in [1.165, 1.54) is 0 Å². The first-order chi connectivity index (χ1) is 10.9. The summed E-state index contributed by atoms with van der Waals surface area (Å²) in [5.74, 6) is -0.122. The lowest BCUT2D eigenvalue weighted by Gasteiger charge is -2.31. The van der Waals surface area contributed by atoms with Crippen molar-refractivity contribution < 1.29 is 4.79 Å². The summed E-state index contributed by atoms with van der Waals surface area (Å²) in [4.78, 5) is 17.3. The molecule has 25 heavy (non-hydrogen) atoms. The zero-order valence-electron chi connectivity index (χ0n) is 15.5. The molecule has 2 aromatic heterocycles. The maximum Gasteiger partial charge on any atom is 0.253 e. The first-order valence-electron chi connectivity index (χ1n) is 8.25. The molecule has 0 aromatic carbocycles. The lowest BCUT2D eigenvalue weighted by molar-refractivity contribution is 0.0894. The summed E-state index contributed by atoms with van der Waals surface area (Å²) >= 11 is 0. The van der Waals surface area contributed by atoms with Gasteiger partial charge in [-0.25, -0.2) is 9.67 Å². The molecule has 0 saturated heterocycles. The summed E-state index contributed by atoms with van der Waals surface area (Å²) in [6, 6.07) is 2.09. The fourth-order valence-corrected chi connectivity index (χ4v) is 2.75. The van der Waals surface area contributed by atoms with E-state index in [4.69, 9.17) is 5.73 Å². The smallest absolute Gasteiger partial charge is 0.253 e. The number of rotatable bonds is 6. The summed E-state index contributed by atoms with van der Waals surface area (Å²) in [6.45, 7) is 10.5. The van der Waals surface area contributed by atoms with E-state index in [2.05, 4.69) is 29.2 Å². The topological polar surface area (TPSA) is 85.8 Å². The van der Waals surface area contributed by atoms with Crippen LogP contribution in [0, 0.1) is 6.92 Å². The molecule has 0 saturated carbocycles. The van der Waals surface area contributed by atoms with E-state index >= 15 is 0 Å². The number of aryl methyl sites for hydroxylation is 1. The van der Waals surface area contributed by atoms with Crippen molar-refractivity contribution in [3.05, 3.63) is 23.5 Å². The summed E-state index contributed by atoms with van der Waals surface area (Å²) in [5.41, 5.74) is 7.61. The number of pyridine rings is 1. The molecule has 0 fully saturated rings. The molecule has 142 valence electrons. The minimum absolute atomic E-state index is 0. The second-order valence-electron chi connectivity index (χ2n) is 6.36. The van der Waals surface area contributed by atoms with Crippen LogP contribution in [0.2, 0.25) is 0 Å². The lowest BCUT2D eigenvalue weighted by Crippen LogP contribution is -2.53. The molecular formula is C17H29Cl2N5O. The predicted molar refractivity (Wildman–Crippen MR) is 107 cm³/mol. The number of aromatic nitrogens is 3. The Morgan fingerprint density at radius 3 is 2.40 bits per heavy atom. The average Bonchev–Trinajstić information content (AvgIpc) is 2.94. The van der Waals surface area contributed by atoms with Crippen LogP contribution >= 0.6 is 24.8 Å². The van der Waals surface area contributed by atoms with Crippen LogP contribution in [0.15, 0.2) is 12.3 Å². The van der Waals surface area contributed by atoms with Crippen LogP contribution in [0.5, 0.6) is 0 Å². The number of hydrogen-bond donors (Lipinski definition) is 2.